The molecule has 1 fully saturated rings. The minimum atomic E-state index is -0.727. The molecule has 1 saturated heterocycles. The first-order valence-corrected chi connectivity index (χ1v) is 8.07. The molecular weight excluding hydrogens is 282 g/mol. The van der Waals surface area contributed by atoms with E-state index < -0.39 is 5.97 Å². The van der Waals surface area contributed by atoms with E-state index in [0.29, 0.717) is 33.0 Å². The van der Waals surface area contributed by atoms with Crippen molar-refractivity contribution in [1.82, 2.24) is 4.90 Å². The molecular formula is C13H25NO5S. The van der Waals surface area contributed by atoms with Gasteiger partial charge in [0.1, 0.15) is 0 Å². The molecule has 118 valence electrons. The molecule has 0 spiro atoms. The van der Waals surface area contributed by atoms with Gasteiger partial charge in [0.25, 0.3) is 0 Å². The number of carboxylic acid groups (broad SMARTS) is 1. The van der Waals surface area contributed by atoms with Gasteiger partial charge in [-0.15, -0.1) is 0 Å². The smallest absolute Gasteiger partial charge is 0.304 e. The average Bonchev–Trinajstić information content (AvgIpc) is 2.43. The number of methoxy groups -OCH3 is 1. The quantitative estimate of drug-likeness (QED) is 0.559. The summed E-state index contributed by atoms with van der Waals surface area (Å²) < 4.78 is 15.7. The third-order valence-electron chi connectivity index (χ3n) is 3.09. The van der Waals surface area contributed by atoms with E-state index in [1.165, 1.54) is 0 Å². The van der Waals surface area contributed by atoms with Crippen molar-refractivity contribution in [2.75, 3.05) is 64.7 Å². The second kappa shape index (κ2) is 11.3. The van der Waals surface area contributed by atoms with Crippen molar-refractivity contribution in [3.8, 4) is 0 Å². The summed E-state index contributed by atoms with van der Waals surface area (Å²) in [6, 6.07) is 0.132. The standard InChI is InChI=1S/C13H25NO5S/c1-17-5-6-19-8-7-18-4-2-14-3-9-20-11-12(14)10-13(15)16/h12H,2-11H2,1H3,(H,15,16). The lowest BCUT2D eigenvalue weighted by Crippen LogP contribution is -2.45. The summed E-state index contributed by atoms with van der Waals surface area (Å²) in [5.41, 5.74) is 0. The lowest BCUT2D eigenvalue weighted by atomic mass is 10.2. The Morgan fingerprint density at radius 1 is 1.25 bits per heavy atom. The maximum Gasteiger partial charge on any atom is 0.304 e. The van der Waals surface area contributed by atoms with Crippen LogP contribution in [-0.2, 0) is 19.0 Å². The number of ether oxygens (including phenoxy) is 3. The van der Waals surface area contributed by atoms with E-state index in [0.717, 1.165) is 24.6 Å². The number of carboxylic acids is 1. The Labute approximate surface area is 124 Å². The number of aliphatic carboxylic acids is 1. The van der Waals surface area contributed by atoms with Gasteiger partial charge in [-0.05, 0) is 0 Å². The maximum absolute atomic E-state index is 10.8. The zero-order chi connectivity index (χ0) is 14.6. The van der Waals surface area contributed by atoms with Crippen molar-refractivity contribution in [3.05, 3.63) is 0 Å². The van der Waals surface area contributed by atoms with E-state index in [9.17, 15) is 4.79 Å². The van der Waals surface area contributed by atoms with Crippen molar-refractivity contribution >= 4 is 17.7 Å². The zero-order valence-corrected chi connectivity index (χ0v) is 12.9. The molecule has 0 aromatic carbocycles. The molecule has 1 heterocycles. The maximum atomic E-state index is 10.8. The van der Waals surface area contributed by atoms with Crippen molar-refractivity contribution < 1.29 is 24.1 Å². The van der Waals surface area contributed by atoms with Crippen molar-refractivity contribution in [2.24, 2.45) is 0 Å². The van der Waals surface area contributed by atoms with Crippen LogP contribution >= 0.6 is 11.8 Å². The van der Waals surface area contributed by atoms with Crippen LogP contribution < -0.4 is 0 Å². The number of hydrogen-bond acceptors (Lipinski definition) is 6. The van der Waals surface area contributed by atoms with E-state index in [-0.39, 0.29) is 12.5 Å². The Morgan fingerprint density at radius 2 is 1.95 bits per heavy atom. The van der Waals surface area contributed by atoms with Crippen LogP contribution in [0.3, 0.4) is 0 Å². The fourth-order valence-corrected chi connectivity index (χ4v) is 3.15. The number of hydrogen-bond donors (Lipinski definition) is 1. The molecule has 0 aromatic heterocycles. The van der Waals surface area contributed by atoms with Crippen LogP contribution in [-0.4, -0.2) is 86.8 Å². The number of carbonyl (C=O) groups is 1. The second-order valence-corrected chi connectivity index (χ2v) is 5.73. The predicted molar refractivity (Wildman–Crippen MR) is 78.5 cm³/mol. The van der Waals surface area contributed by atoms with Gasteiger partial charge >= 0.3 is 5.97 Å². The Bertz CT molecular complexity index is 267. The van der Waals surface area contributed by atoms with Gasteiger partial charge in [-0.2, -0.15) is 11.8 Å². The molecule has 1 aliphatic heterocycles. The molecule has 0 saturated carbocycles. The summed E-state index contributed by atoms with van der Waals surface area (Å²) >= 11 is 1.83. The Hall–Kier alpha value is -0.340. The first-order chi connectivity index (χ1) is 9.74. The van der Waals surface area contributed by atoms with E-state index in [2.05, 4.69) is 4.90 Å². The first kappa shape index (κ1) is 17.7. The minimum absolute atomic E-state index is 0.132. The van der Waals surface area contributed by atoms with Crippen LogP contribution in [0.25, 0.3) is 0 Å². The zero-order valence-electron chi connectivity index (χ0n) is 12.1. The van der Waals surface area contributed by atoms with Gasteiger partial charge in [0, 0.05) is 37.7 Å². The van der Waals surface area contributed by atoms with Crippen LogP contribution in [0.2, 0.25) is 0 Å². The number of rotatable bonds is 11. The average molecular weight is 307 g/mol. The summed E-state index contributed by atoms with van der Waals surface area (Å²) in [5.74, 6) is 1.23. The molecule has 1 atom stereocenters. The summed E-state index contributed by atoms with van der Waals surface area (Å²) in [6.07, 6.45) is 0.215. The molecule has 7 heteroatoms. The molecule has 1 rings (SSSR count). The minimum Gasteiger partial charge on any atom is -0.481 e. The molecule has 0 radical (unpaired) electrons. The third-order valence-corrected chi connectivity index (χ3v) is 4.18. The molecule has 6 nitrogen and oxygen atoms in total. The fourth-order valence-electron chi connectivity index (χ4n) is 2.02. The third kappa shape index (κ3) is 8.06. The summed E-state index contributed by atoms with van der Waals surface area (Å²) in [5, 5.41) is 8.90. The van der Waals surface area contributed by atoms with Crippen LogP contribution in [0.4, 0.5) is 0 Å². The molecule has 20 heavy (non-hydrogen) atoms. The lowest BCUT2D eigenvalue weighted by molar-refractivity contribution is -0.138. The van der Waals surface area contributed by atoms with Gasteiger partial charge in [-0.3, -0.25) is 9.69 Å². The van der Waals surface area contributed by atoms with Gasteiger partial charge in [0.2, 0.25) is 0 Å². The van der Waals surface area contributed by atoms with Gasteiger partial charge in [0.05, 0.1) is 39.5 Å². The van der Waals surface area contributed by atoms with Gasteiger partial charge in [-0.25, -0.2) is 0 Å². The molecule has 0 bridgehead atoms. The van der Waals surface area contributed by atoms with Crippen LogP contribution in [0.5, 0.6) is 0 Å². The topological polar surface area (TPSA) is 68.2 Å². The highest BCUT2D eigenvalue weighted by molar-refractivity contribution is 7.99. The molecule has 0 aromatic rings. The van der Waals surface area contributed by atoms with Gasteiger partial charge in [0.15, 0.2) is 0 Å². The monoisotopic (exact) mass is 307 g/mol. The Balaban J connectivity index is 2.05. The van der Waals surface area contributed by atoms with E-state index in [1.54, 1.807) is 7.11 Å². The second-order valence-electron chi connectivity index (χ2n) is 4.58. The van der Waals surface area contributed by atoms with Gasteiger partial charge < -0.3 is 19.3 Å². The summed E-state index contributed by atoms with van der Waals surface area (Å²) in [4.78, 5) is 13.0. The van der Waals surface area contributed by atoms with Crippen LogP contribution in [0.15, 0.2) is 0 Å². The number of thioether (sulfide) groups is 1. The lowest BCUT2D eigenvalue weighted by Gasteiger charge is -2.34. The molecule has 1 N–H and O–H groups in total. The van der Waals surface area contributed by atoms with Crippen molar-refractivity contribution in [3.63, 3.8) is 0 Å². The highest BCUT2D eigenvalue weighted by atomic mass is 32.2. The van der Waals surface area contributed by atoms with E-state index >= 15 is 0 Å². The van der Waals surface area contributed by atoms with Crippen LogP contribution in [0, 0.1) is 0 Å². The Morgan fingerprint density at radius 3 is 2.65 bits per heavy atom. The molecule has 0 amide bonds. The normalized spacial score (nSPS) is 20.1. The highest BCUT2D eigenvalue weighted by Gasteiger charge is 2.24. The fraction of sp³-hybridized carbons (Fsp3) is 0.923. The van der Waals surface area contributed by atoms with E-state index in [4.69, 9.17) is 19.3 Å². The van der Waals surface area contributed by atoms with Crippen molar-refractivity contribution in [1.29, 1.82) is 0 Å². The largest absolute Gasteiger partial charge is 0.481 e. The van der Waals surface area contributed by atoms with Gasteiger partial charge in [-0.1, -0.05) is 0 Å². The summed E-state index contributed by atoms with van der Waals surface area (Å²) in [7, 11) is 1.64. The SMILES string of the molecule is COCCOCCOCCN1CCSCC1CC(=O)O. The van der Waals surface area contributed by atoms with E-state index in [1.807, 2.05) is 11.8 Å². The number of nitrogens with zero attached hydrogens (tertiary/aromatic N) is 1. The molecule has 1 unspecified atom stereocenters. The predicted octanol–water partition coefficient (Wildman–Crippen LogP) is 0.558. The molecule has 0 aliphatic carbocycles. The molecule has 1 aliphatic rings. The Kier molecular flexibility index (Phi) is 10.0. The van der Waals surface area contributed by atoms with Crippen LogP contribution in [0.1, 0.15) is 6.42 Å². The highest BCUT2D eigenvalue weighted by Crippen LogP contribution is 2.18. The first-order valence-electron chi connectivity index (χ1n) is 6.92. The summed E-state index contributed by atoms with van der Waals surface area (Å²) in [6.45, 7) is 4.67. The van der Waals surface area contributed by atoms with Crippen molar-refractivity contribution in [2.45, 2.75) is 12.5 Å².